The molecule has 0 saturated carbocycles. The number of hydrogen-bond acceptors (Lipinski definition) is 4. The quantitative estimate of drug-likeness (QED) is 0.413. The Labute approximate surface area is 162 Å². The van der Waals surface area contributed by atoms with Crippen LogP contribution in [0.2, 0.25) is 0 Å². The van der Waals surface area contributed by atoms with Crippen molar-refractivity contribution in [2.24, 2.45) is 0 Å². The van der Waals surface area contributed by atoms with Gasteiger partial charge in [-0.25, -0.2) is 4.98 Å². The summed E-state index contributed by atoms with van der Waals surface area (Å²) in [5, 5.41) is 6.36. The minimum Gasteiger partial charge on any atom is -0.497 e. The first kappa shape index (κ1) is 16.1. The molecule has 1 aromatic heterocycles. The van der Waals surface area contributed by atoms with Crippen LogP contribution in [0.25, 0.3) is 22.4 Å². The van der Waals surface area contributed by atoms with Crippen molar-refractivity contribution in [1.82, 2.24) is 4.98 Å². The lowest BCUT2D eigenvalue weighted by atomic mass is 10.0. The van der Waals surface area contributed by atoms with Crippen LogP contribution in [0.15, 0.2) is 72.1 Å². The van der Waals surface area contributed by atoms with E-state index in [2.05, 4.69) is 53.2 Å². The van der Waals surface area contributed by atoms with Gasteiger partial charge >= 0.3 is 0 Å². The molecule has 3 nitrogen and oxygen atoms in total. The summed E-state index contributed by atoms with van der Waals surface area (Å²) in [6.45, 7) is 0. The van der Waals surface area contributed by atoms with Crippen molar-refractivity contribution in [3.8, 4) is 28.1 Å². The van der Waals surface area contributed by atoms with Gasteiger partial charge in [-0.3, -0.25) is 0 Å². The van der Waals surface area contributed by atoms with E-state index in [0.29, 0.717) is 0 Å². The average molecular weight is 370 g/mol. The number of nitrogens with zero attached hydrogens (tertiary/aromatic N) is 1. The highest BCUT2D eigenvalue weighted by Gasteiger charge is 2.18. The highest BCUT2D eigenvalue weighted by Crippen LogP contribution is 2.39. The van der Waals surface area contributed by atoms with E-state index in [9.17, 15) is 0 Å². The molecule has 1 aliphatic carbocycles. The molecule has 1 N–H and O–H groups in total. The minimum atomic E-state index is 0.846. The first-order valence-corrected chi connectivity index (χ1v) is 9.76. The van der Waals surface area contributed by atoms with Gasteiger partial charge < -0.3 is 10.1 Å². The van der Waals surface area contributed by atoms with Gasteiger partial charge in [-0.15, -0.1) is 11.3 Å². The fraction of sp³-hybridized carbons (Fsp3) is 0.0870. The summed E-state index contributed by atoms with van der Waals surface area (Å²) in [4.78, 5) is 4.78. The van der Waals surface area contributed by atoms with Gasteiger partial charge in [-0.2, -0.15) is 0 Å². The van der Waals surface area contributed by atoms with E-state index in [1.165, 1.54) is 22.3 Å². The minimum absolute atomic E-state index is 0.846. The number of aromatic nitrogens is 1. The van der Waals surface area contributed by atoms with Gasteiger partial charge in [0.05, 0.1) is 12.8 Å². The maximum absolute atomic E-state index is 5.20. The number of benzene rings is 3. The molecule has 4 heteroatoms. The molecule has 27 heavy (non-hydrogen) atoms. The molecule has 1 heterocycles. The zero-order valence-corrected chi connectivity index (χ0v) is 15.7. The van der Waals surface area contributed by atoms with Gasteiger partial charge in [0, 0.05) is 16.6 Å². The maximum Gasteiger partial charge on any atom is 0.187 e. The fourth-order valence-electron chi connectivity index (χ4n) is 3.54. The van der Waals surface area contributed by atoms with Crippen LogP contribution in [0.4, 0.5) is 10.8 Å². The van der Waals surface area contributed by atoms with Gasteiger partial charge in [0.15, 0.2) is 5.13 Å². The van der Waals surface area contributed by atoms with Crippen LogP contribution in [-0.4, -0.2) is 12.1 Å². The summed E-state index contributed by atoms with van der Waals surface area (Å²) in [5.74, 6) is 0.846. The molecular formula is C23H18N2OS. The molecule has 0 atom stereocenters. The third kappa shape index (κ3) is 2.98. The van der Waals surface area contributed by atoms with Gasteiger partial charge in [0.1, 0.15) is 5.75 Å². The standard InChI is InChI=1S/C23H18N2OS/c1-26-19-10-8-18(9-11-19)24-23-25-22(14-27-23)17-7-6-16-12-15-4-2-3-5-20(15)21(16)13-17/h2-11,13-14H,12H2,1H3,(H,24,25). The Morgan fingerprint density at radius 1 is 0.926 bits per heavy atom. The summed E-state index contributed by atoms with van der Waals surface area (Å²) in [6, 6.07) is 23.2. The molecule has 3 aromatic carbocycles. The highest BCUT2D eigenvalue weighted by atomic mass is 32.1. The molecule has 0 spiro atoms. The Bertz CT molecular complexity index is 1120. The summed E-state index contributed by atoms with van der Waals surface area (Å²) in [6.07, 6.45) is 1.02. The van der Waals surface area contributed by atoms with E-state index in [4.69, 9.17) is 9.72 Å². The Hall–Kier alpha value is -3.11. The molecule has 1 aliphatic rings. The van der Waals surface area contributed by atoms with Crippen molar-refractivity contribution in [2.75, 3.05) is 12.4 Å². The Kier molecular flexibility index (Phi) is 3.91. The lowest BCUT2D eigenvalue weighted by molar-refractivity contribution is 0.415. The smallest absolute Gasteiger partial charge is 0.187 e. The van der Waals surface area contributed by atoms with Crippen LogP contribution < -0.4 is 10.1 Å². The average Bonchev–Trinajstić information content (AvgIpc) is 3.32. The molecule has 0 unspecified atom stereocenters. The van der Waals surface area contributed by atoms with Crippen LogP contribution in [0.1, 0.15) is 11.1 Å². The molecule has 0 radical (unpaired) electrons. The second-order valence-electron chi connectivity index (χ2n) is 6.60. The van der Waals surface area contributed by atoms with Crippen molar-refractivity contribution >= 4 is 22.2 Å². The molecule has 0 saturated heterocycles. The SMILES string of the molecule is COc1ccc(Nc2nc(-c3ccc4c(c3)-c3ccccc3C4)cs2)cc1. The number of hydrogen-bond donors (Lipinski definition) is 1. The molecule has 0 aliphatic heterocycles. The zero-order chi connectivity index (χ0) is 18.2. The van der Waals surface area contributed by atoms with Crippen molar-refractivity contribution < 1.29 is 4.74 Å². The van der Waals surface area contributed by atoms with Crippen molar-refractivity contribution in [2.45, 2.75) is 6.42 Å². The predicted octanol–water partition coefficient (Wildman–Crippen LogP) is 6.13. The van der Waals surface area contributed by atoms with Crippen molar-refractivity contribution in [1.29, 1.82) is 0 Å². The second kappa shape index (κ2) is 6.56. The summed E-state index contributed by atoms with van der Waals surface area (Å²) >= 11 is 1.61. The molecule has 0 bridgehead atoms. The molecule has 5 rings (SSSR count). The van der Waals surface area contributed by atoms with Crippen LogP contribution in [0, 0.1) is 0 Å². The van der Waals surface area contributed by atoms with Gasteiger partial charge in [-0.05, 0) is 59.0 Å². The molecular weight excluding hydrogens is 352 g/mol. The van der Waals surface area contributed by atoms with Crippen molar-refractivity contribution in [3.05, 3.63) is 83.2 Å². The van der Waals surface area contributed by atoms with Gasteiger partial charge in [-0.1, -0.05) is 36.4 Å². The maximum atomic E-state index is 5.20. The second-order valence-corrected chi connectivity index (χ2v) is 7.46. The van der Waals surface area contributed by atoms with Crippen LogP contribution >= 0.6 is 11.3 Å². The number of thiazole rings is 1. The number of ether oxygens (including phenoxy) is 1. The van der Waals surface area contributed by atoms with E-state index < -0.39 is 0 Å². The number of fused-ring (bicyclic) bond motifs is 3. The highest BCUT2D eigenvalue weighted by molar-refractivity contribution is 7.14. The van der Waals surface area contributed by atoms with E-state index in [1.807, 2.05) is 24.3 Å². The largest absolute Gasteiger partial charge is 0.497 e. The monoisotopic (exact) mass is 370 g/mol. The van der Waals surface area contributed by atoms with Crippen LogP contribution in [0.3, 0.4) is 0 Å². The predicted molar refractivity (Wildman–Crippen MR) is 112 cm³/mol. The van der Waals surface area contributed by atoms with Crippen LogP contribution in [0.5, 0.6) is 5.75 Å². The third-order valence-corrected chi connectivity index (χ3v) is 5.70. The summed E-state index contributed by atoms with van der Waals surface area (Å²) < 4.78 is 5.20. The van der Waals surface area contributed by atoms with E-state index >= 15 is 0 Å². The molecule has 132 valence electrons. The molecule has 0 amide bonds. The summed E-state index contributed by atoms with van der Waals surface area (Å²) in [5.41, 5.74) is 8.64. The lowest BCUT2D eigenvalue weighted by Gasteiger charge is -2.05. The van der Waals surface area contributed by atoms with E-state index in [1.54, 1.807) is 18.4 Å². The van der Waals surface area contributed by atoms with Gasteiger partial charge in [0.25, 0.3) is 0 Å². The number of nitrogens with one attached hydrogen (secondary N) is 1. The van der Waals surface area contributed by atoms with Gasteiger partial charge in [0.2, 0.25) is 0 Å². The number of anilines is 2. The molecule has 4 aromatic rings. The topological polar surface area (TPSA) is 34.1 Å². The van der Waals surface area contributed by atoms with Crippen molar-refractivity contribution in [3.63, 3.8) is 0 Å². The first-order valence-electron chi connectivity index (χ1n) is 8.88. The normalized spacial score (nSPS) is 11.7. The fourth-order valence-corrected chi connectivity index (χ4v) is 4.28. The Balaban J connectivity index is 1.42. The Morgan fingerprint density at radius 3 is 2.59 bits per heavy atom. The number of rotatable bonds is 4. The van der Waals surface area contributed by atoms with E-state index in [0.717, 1.165) is 34.2 Å². The van der Waals surface area contributed by atoms with E-state index in [-0.39, 0.29) is 0 Å². The van der Waals surface area contributed by atoms with Crippen LogP contribution in [-0.2, 0) is 6.42 Å². The first-order chi connectivity index (χ1) is 13.3. The zero-order valence-electron chi connectivity index (χ0n) is 14.9. The Morgan fingerprint density at radius 2 is 1.74 bits per heavy atom. The number of methoxy groups -OCH3 is 1. The molecule has 0 fully saturated rings. The lowest BCUT2D eigenvalue weighted by Crippen LogP contribution is -1.90. The summed E-state index contributed by atoms with van der Waals surface area (Å²) in [7, 11) is 1.67. The third-order valence-electron chi connectivity index (χ3n) is 4.94.